The van der Waals surface area contributed by atoms with Crippen LogP contribution < -0.4 is 10.1 Å². The monoisotopic (exact) mass is 399 g/mol. The third kappa shape index (κ3) is 4.28. The highest BCUT2D eigenvalue weighted by Gasteiger charge is 2.18. The number of benzene rings is 1. The number of ether oxygens (including phenoxy) is 1. The first kappa shape index (κ1) is 19.5. The van der Waals surface area contributed by atoms with E-state index in [0.717, 1.165) is 24.2 Å². The smallest absolute Gasteiger partial charge is 0.258 e. The van der Waals surface area contributed by atoms with Gasteiger partial charge in [0.1, 0.15) is 5.75 Å². The summed E-state index contributed by atoms with van der Waals surface area (Å²) < 4.78 is 6.05. The lowest BCUT2D eigenvalue weighted by Crippen LogP contribution is -2.14. The molecule has 1 fully saturated rings. The molecule has 0 atom stereocenters. The van der Waals surface area contributed by atoms with Crippen LogP contribution in [0.2, 0.25) is 0 Å². The Bertz CT molecular complexity index is 1100. The second-order valence-corrected chi connectivity index (χ2v) is 7.28. The van der Waals surface area contributed by atoms with Crippen molar-refractivity contribution < 1.29 is 9.53 Å². The topological polar surface area (TPSA) is 101 Å². The Morgan fingerprint density at radius 2 is 2.00 bits per heavy atom. The van der Waals surface area contributed by atoms with E-state index in [1.807, 2.05) is 19.1 Å². The van der Waals surface area contributed by atoms with Crippen molar-refractivity contribution in [1.29, 1.82) is 5.26 Å². The van der Waals surface area contributed by atoms with E-state index in [2.05, 4.69) is 26.3 Å². The Hall–Kier alpha value is -3.79. The van der Waals surface area contributed by atoms with E-state index in [4.69, 9.17) is 4.74 Å². The first-order valence-electron chi connectivity index (χ1n) is 9.89. The molecule has 1 aliphatic rings. The summed E-state index contributed by atoms with van der Waals surface area (Å²) in [6.07, 6.45) is 10.9. The number of pyridine rings is 1. The van der Waals surface area contributed by atoms with Gasteiger partial charge in [-0.25, -0.2) is 4.98 Å². The minimum absolute atomic E-state index is 0.227. The minimum atomic E-state index is -0.299. The molecule has 1 amide bonds. The lowest BCUT2D eigenvalue weighted by molar-refractivity contribution is 0.102. The molecule has 7 nitrogen and oxygen atoms in total. The van der Waals surface area contributed by atoms with Crippen molar-refractivity contribution in [2.75, 3.05) is 5.32 Å². The maximum Gasteiger partial charge on any atom is 0.258 e. The van der Waals surface area contributed by atoms with E-state index in [0.29, 0.717) is 28.2 Å². The van der Waals surface area contributed by atoms with E-state index in [1.165, 1.54) is 25.2 Å². The molecule has 0 unspecified atom stereocenters. The van der Waals surface area contributed by atoms with Crippen molar-refractivity contribution in [3.8, 4) is 23.1 Å². The molecule has 1 saturated carbocycles. The fourth-order valence-corrected chi connectivity index (χ4v) is 3.52. The summed E-state index contributed by atoms with van der Waals surface area (Å²) >= 11 is 0. The van der Waals surface area contributed by atoms with Gasteiger partial charge in [0.05, 0.1) is 41.4 Å². The van der Waals surface area contributed by atoms with Crippen LogP contribution in [0.25, 0.3) is 11.3 Å². The number of rotatable bonds is 5. The van der Waals surface area contributed by atoms with Gasteiger partial charge in [-0.1, -0.05) is 0 Å². The molecule has 0 bridgehead atoms. The average molecular weight is 399 g/mol. The molecule has 1 aromatic carbocycles. The van der Waals surface area contributed by atoms with Gasteiger partial charge in [0, 0.05) is 18.0 Å². The van der Waals surface area contributed by atoms with E-state index in [-0.39, 0.29) is 12.0 Å². The van der Waals surface area contributed by atoms with Gasteiger partial charge in [-0.15, -0.1) is 0 Å². The number of anilines is 1. The van der Waals surface area contributed by atoms with Gasteiger partial charge < -0.3 is 10.1 Å². The van der Waals surface area contributed by atoms with Crippen molar-refractivity contribution >= 4 is 11.7 Å². The highest BCUT2D eigenvalue weighted by molar-refractivity contribution is 6.04. The zero-order valence-electron chi connectivity index (χ0n) is 16.6. The van der Waals surface area contributed by atoms with Crippen LogP contribution in [0.15, 0.2) is 49.1 Å². The number of hydrogen-bond donors (Lipinski definition) is 1. The van der Waals surface area contributed by atoms with Crippen LogP contribution in [0.3, 0.4) is 0 Å². The largest absolute Gasteiger partial charge is 0.490 e. The van der Waals surface area contributed by atoms with Crippen molar-refractivity contribution in [2.24, 2.45) is 0 Å². The molecular formula is C23H21N5O2. The molecule has 4 rings (SSSR count). The lowest BCUT2D eigenvalue weighted by atomic mass is 10.1. The molecule has 2 heterocycles. The van der Waals surface area contributed by atoms with Crippen LogP contribution in [-0.4, -0.2) is 27.0 Å². The second kappa shape index (κ2) is 8.70. The average Bonchev–Trinajstić information content (AvgIpc) is 3.27. The Morgan fingerprint density at radius 3 is 2.70 bits per heavy atom. The van der Waals surface area contributed by atoms with E-state index in [1.54, 1.807) is 24.5 Å². The van der Waals surface area contributed by atoms with Gasteiger partial charge in [0.25, 0.3) is 5.91 Å². The third-order valence-corrected chi connectivity index (χ3v) is 5.17. The van der Waals surface area contributed by atoms with Crippen LogP contribution in [0.5, 0.6) is 5.75 Å². The highest BCUT2D eigenvalue weighted by atomic mass is 16.5. The Kier molecular flexibility index (Phi) is 5.66. The van der Waals surface area contributed by atoms with Gasteiger partial charge in [-0.05, 0) is 62.4 Å². The number of nitriles is 1. The summed E-state index contributed by atoms with van der Waals surface area (Å²) in [5.74, 6) is 0.748. The number of amides is 1. The van der Waals surface area contributed by atoms with Crippen LogP contribution in [0.1, 0.15) is 47.2 Å². The number of carbonyl (C=O) groups excluding carboxylic acids is 1. The predicted octanol–water partition coefficient (Wildman–Crippen LogP) is 4.29. The first-order chi connectivity index (χ1) is 14.6. The van der Waals surface area contributed by atoms with Gasteiger partial charge in [-0.2, -0.15) is 5.26 Å². The fourth-order valence-electron chi connectivity index (χ4n) is 3.52. The molecule has 0 saturated heterocycles. The maximum absolute atomic E-state index is 12.4. The first-order valence-corrected chi connectivity index (χ1v) is 9.89. The molecule has 0 aliphatic heterocycles. The lowest BCUT2D eigenvalue weighted by Gasteiger charge is -2.14. The molecule has 7 heteroatoms. The summed E-state index contributed by atoms with van der Waals surface area (Å²) in [6, 6.07) is 9.35. The maximum atomic E-state index is 12.4. The second-order valence-electron chi connectivity index (χ2n) is 7.28. The molecule has 30 heavy (non-hydrogen) atoms. The summed E-state index contributed by atoms with van der Waals surface area (Å²) in [6.45, 7) is 1.84. The summed E-state index contributed by atoms with van der Waals surface area (Å²) in [5, 5.41) is 12.2. The summed E-state index contributed by atoms with van der Waals surface area (Å²) in [5.41, 5.74) is 2.99. The van der Waals surface area contributed by atoms with Crippen molar-refractivity contribution in [1.82, 2.24) is 15.0 Å². The molecule has 0 radical (unpaired) electrons. The van der Waals surface area contributed by atoms with Gasteiger partial charge in [0.2, 0.25) is 0 Å². The fraction of sp³-hybridized carbons (Fsp3) is 0.261. The van der Waals surface area contributed by atoms with Crippen LogP contribution in [-0.2, 0) is 0 Å². The van der Waals surface area contributed by atoms with Gasteiger partial charge in [0.15, 0.2) is 5.82 Å². The number of aryl methyl sites for hydroxylation is 1. The standard InChI is InChI=1S/C23H21N5O2/c1-15-8-9-25-12-20(15)23(29)28-22-14-26-21(13-27-22)19-10-18(7-6-16(19)11-24)30-17-4-2-3-5-17/h6-10,12-14,17H,2-5H2,1H3,(H,27,28,29). The number of nitrogens with zero attached hydrogens (tertiary/aromatic N) is 4. The van der Waals surface area contributed by atoms with E-state index < -0.39 is 0 Å². The molecule has 3 aromatic rings. The van der Waals surface area contributed by atoms with E-state index >= 15 is 0 Å². The predicted molar refractivity (Wildman–Crippen MR) is 112 cm³/mol. The van der Waals surface area contributed by atoms with Crippen LogP contribution in [0.4, 0.5) is 5.82 Å². The molecule has 1 aliphatic carbocycles. The van der Waals surface area contributed by atoms with Gasteiger partial charge >= 0.3 is 0 Å². The number of carbonyl (C=O) groups is 1. The molecule has 0 spiro atoms. The highest BCUT2D eigenvalue weighted by Crippen LogP contribution is 2.29. The summed E-state index contributed by atoms with van der Waals surface area (Å²) in [7, 11) is 0. The van der Waals surface area contributed by atoms with E-state index in [9.17, 15) is 10.1 Å². The quantitative estimate of drug-likeness (QED) is 0.687. The third-order valence-electron chi connectivity index (χ3n) is 5.17. The van der Waals surface area contributed by atoms with Crippen LogP contribution >= 0.6 is 0 Å². The normalized spacial score (nSPS) is 13.6. The number of hydrogen-bond acceptors (Lipinski definition) is 6. The SMILES string of the molecule is Cc1ccncc1C(=O)Nc1cnc(-c2cc(OC3CCCC3)ccc2C#N)cn1. The Morgan fingerprint density at radius 1 is 1.17 bits per heavy atom. The zero-order valence-corrected chi connectivity index (χ0v) is 16.6. The van der Waals surface area contributed by atoms with Crippen molar-refractivity contribution in [3.63, 3.8) is 0 Å². The molecular weight excluding hydrogens is 378 g/mol. The zero-order chi connectivity index (χ0) is 20.9. The van der Waals surface area contributed by atoms with Crippen molar-refractivity contribution in [2.45, 2.75) is 38.7 Å². The van der Waals surface area contributed by atoms with Crippen LogP contribution in [0, 0.1) is 18.3 Å². The van der Waals surface area contributed by atoms with Crippen molar-refractivity contribution in [3.05, 3.63) is 65.7 Å². The Labute approximate surface area is 174 Å². The molecule has 1 N–H and O–H groups in total. The number of nitrogens with one attached hydrogen (secondary N) is 1. The minimum Gasteiger partial charge on any atom is -0.490 e. The number of aromatic nitrogens is 3. The molecule has 150 valence electrons. The Balaban J connectivity index is 1.54. The molecule has 2 aromatic heterocycles. The summed E-state index contributed by atoms with van der Waals surface area (Å²) in [4.78, 5) is 25.1. The van der Waals surface area contributed by atoms with Gasteiger partial charge in [-0.3, -0.25) is 14.8 Å².